The van der Waals surface area contributed by atoms with Gasteiger partial charge in [0.2, 0.25) is 5.91 Å². The van der Waals surface area contributed by atoms with Crippen molar-refractivity contribution in [1.29, 1.82) is 0 Å². The molecule has 5 heteroatoms. The Morgan fingerprint density at radius 3 is 2.61 bits per heavy atom. The third-order valence-corrected chi connectivity index (χ3v) is 4.85. The first kappa shape index (κ1) is 13.7. The second-order valence-corrected chi connectivity index (χ2v) is 6.34. The summed E-state index contributed by atoms with van der Waals surface area (Å²) in [5, 5.41) is 0. The Balaban J connectivity index is 1.94. The summed E-state index contributed by atoms with van der Waals surface area (Å²) < 4.78 is 0. The molecule has 2 N–H and O–H groups in total. The minimum absolute atomic E-state index is 0.135. The van der Waals surface area contributed by atoms with Crippen molar-refractivity contribution in [3.8, 4) is 0 Å². The number of hydrogen-bond donors (Lipinski definition) is 1. The fourth-order valence-electron chi connectivity index (χ4n) is 3.11. The first-order valence-electron chi connectivity index (χ1n) is 6.70. The van der Waals surface area contributed by atoms with Crippen molar-refractivity contribution in [2.24, 2.45) is 17.1 Å². The van der Waals surface area contributed by atoms with E-state index in [1.807, 2.05) is 11.9 Å². The van der Waals surface area contributed by atoms with Gasteiger partial charge in [-0.25, -0.2) is 0 Å². The second kappa shape index (κ2) is 5.13. The van der Waals surface area contributed by atoms with Crippen molar-refractivity contribution in [2.45, 2.75) is 25.7 Å². The van der Waals surface area contributed by atoms with Gasteiger partial charge in [0.25, 0.3) is 0 Å². The van der Waals surface area contributed by atoms with Gasteiger partial charge in [0, 0.05) is 20.1 Å². The van der Waals surface area contributed by atoms with E-state index in [1.54, 1.807) is 0 Å². The molecule has 1 heterocycles. The zero-order valence-electron chi connectivity index (χ0n) is 11.3. The Kier molecular flexibility index (Phi) is 3.92. The lowest BCUT2D eigenvalue weighted by atomic mass is 9.67. The lowest BCUT2D eigenvalue weighted by Crippen LogP contribution is -2.54. The molecule has 0 bridgehead atoms. The van der Waals surface area contributed by atoms with Gasteiger partial charge < -0.3 is 15.5 Å². The molecule has 102 valence electrons. The van der Waals surface area contributed by atoms with Crippen LogP contribution in [0.25, 0.3) is 0 Å². The Morgan fingerprint density at radius 2 is 2.22 bits per heavy atom. The molecule has 2 aliphatic rings. The second-order valence-electron chi connectivity index (χ2n) is 5.90. The van der Waals surface area contributed by atoms with Crippen molar-refractivity contribution in [2.75, 3.05) is 33.7 Å². The van der Waals surface area contributed by atoms with Gasteiger partial charge in [-0.1, -0.05) is 18.6 Å². The Hall–Kier alpha value is -0.680. The predicted molar refractivity (Wildman–Crippen MR) is 76.3 cm³/mol. The molecule has 0 aromatic carbocycles. The van der Waals surface area contributed by atoms with Gasteiger partial charge >= 0.3 is 0 Å². The van der Waals surface area contributed by atoms with E-state index in [0.717, 1.165) is 38.9 Å². The molecule has 1 saturated carbocycles. The number of nitrogens with two attached hydrogens (primary N) is 1. The van der Waals surface area contributed by atoms with E-state index in [9.17, 15) is 4.79 Å². The highest BCUT2D eigenvalue weighted by Gasteiger charge is 2.48. The van der Waals surface area contributed by atoms with Crippen molar-refractivity contribution in [1.82, 2.24) is 9.80 Å². The number of hydrogen-bond acceptors (Lipinski definition) is 3. The van der Waals surface area contributed by atoms with Crippen LogP contribution in [-0.4, -0.2) is 54.4 Å². The van der Waals surface area contributed by atoms with E-state index >= 15 is 0 Å². The van der Waals surface area contributed by atoms with E-state index in [-0.39, 0.29) is 5.91 Å². The number of thiocarbonyl (C=S) groups is 1. The SMILES string of the molecule is CN1CCC(CN(C)C(=O)C2(C(N)=S)CCC2)C1. The lowest BCUT2D eigenvalue weighted by Gasteiger charge is -2.42. The summed E-state index contributed by atoms with van der Waals surface area (Å²) in [7, 11) is 4.02. The summed E-state index contributed by atoms with van der Waals surface area (Å²) >= 11 is 5.10. The zero-order chi connectivity index (χ0) is 13.3. The molecule has 0 radical (unpaired) electrons. The van der Waals surface area contributed by atoms with Crippen molar-refractivity contribution in [3.63, 3.8) is 0 Å². The van der Waals surface area contributed by atoms with Crippen LogP contribution in [0.3, 0.4) is 0 Å². The monoisotopic (exact) mass is 269 g/mol. The lowest BCUT2D eigenvalue weighted by molar-refractivity contribution is -0.141. The topological polar surface area (TPSA) is 49.6 Å². The highest BCUT2D eigenvalue weighted by molar-refractivity contribution is 7.80. The molecule has 1 aliphatic carbocycles. The summed E-state index contributed by atoms with van der Waals surface area (Å²) in [5.41, 5.74) is 5.26. The van der Waals surface area contributed by atoms with E-state index < -0.39 is 5.41 Å². The van der Waals surface area contributed by atoms with Gasteiger partial charge in [0.05, 0.1) is 10.4 Å². The molecule has 1 unspecified atom stereocenters. The molecule has 1 atom stereocenters. The number of likely N-dealkylation sites (tertiary alicyclic amines) is 1. The van der Waals surface area contributed by atoms with Crippen LogP contribution in [0.5, 0.6) is 0 Å². The van der Waals surface area contributed by atoms with Crippen LogP contribution in [0.4, 0.5) is 0 Å². The Labute approximate surface area is 114 Å². The molecule has 1 saturated heterocycles. The number of carbonyl (C=O) groups is 1. The maximum atomic E-state index is 12.5. The van der Waals surface area contributed by atoms with E-state index in [0.29, 0.717) is 10.9 Å². The zero-order valence-corrected chi connectivity index (χ0v) is 12.1. The third kappa shape index (κ3) is 2.38. The Bertz CT molecular complexity index is 354. The van der Waals surface area contributed by atoms with Crippen LogP contribution in [0.2, 0.25) is 0 Å². The molecule has 0 spiro atoms. The smallest absolute Gasteiger partial charge is 0.235 e. The molecule has 1 aliphatic heterocycles. The molecular weight excluding hydrogens is 246 g/mol. The van der Waals surface area contributed by atoms with Crippen LogP contribution in [-0.2, 0) is 4.79 Å². The van der Waals surface area contributed by atoms with Crippen molar-refractivity contribution >= 4 is 23.1 Å². The minimum Gasteiger partial charge on any atom is -0.392 e. The standard InChI is InChI=1S/C13H23N3OS/c1-15-7-4-10(8-15)9-16(2)12(17)13(11(14)18)5-3-6-13/h10H,3-9H2,1-2H3,(H2,14,18). The third-order valence-electron chi connectivity index (χ3n) is 4.46. The first-order chi connectivity index (χ1) is 8.45. The summed E-state index contributed by atoms with van der Waals surface area (Å²) in [6.45, 7) is 3.04. The van der Waals surface area contributed by atoms with E-state index in [2.05, 4.69) is 11.9 Å². The summed E-state index contributed by atoms with van der Waals surface area (Å²) in [6, 6.07) is 0. The van der Waals surface area contributed by atoms with E-state index in [4.69, 9.17) is 18.0 Å². The number of rotatable bonds is 4. The molecule has 2 rings (SSSR count). The van der Waals surface area contributed by atoms with Gasteiger partial charge in [0.15, 0.2) is 0 Å². The van der Waals surface area contributed by atoms with Gasteiger partial charge in [0.1, 0.15) is 0 Å². The van der Waals surface area contributed by atoms with Crippen molar-refractivity contribution < 1.29 is 4.79 Å². The number of nitrogens with zero attached hydrogens (tertiary/aromatic N) is 2. The molecule has 0 aromatic heterocycles. The minimum atomic E-state index is -0.519. The quantitative estimate of drug-likeness (QED) is 0.769. The average Bonchev–Trinajstić information content (AvgIpc) is 2.61. The van der Waals surface area contributed by atoms with Crippen LogP contribution in [0, 0.1) is 11.3 Å². The van der Waals surface area contributed by atoms with Crippen molar-refractivity contribution in [3.05, 3.63) is 0 Å². The maximum absolute atomic E-state index is 12.5. The summed E-state index contributed by atoms with van der Waals surface area (Å²) in [4.78, 5) is 17.1. The van der Waals surface area contributed by atoms with Crippen LogP contribution in [0.15, 0.2) is 0 Å². The van der Waals surface area contributed by atoms with Gasteiger partial charge in [-0.05, 0) is 38.8 Å². The fourth-order valence-corrected chi connectivity index (χ4v) is 3.40. The highest BCUT2D eigenvalue weighted by atomic mass is 32.1. The highest BCUT2D eigenvalue weighted by Crippen LogP contribution is 2.42. The molecular formula is C13H23N3OS. The summed E-state index contributed by atoms with van der Waals surface area (Å²) in [6.07, 6.45) is 3.89. The van der Waals surface area contributed by atoms with Crippen LogP contribution >= 0.6 is 12.2 Å². The Morgan fingerprint density at radius 1 is 1.56 bits per heavy atom. The van der Waals surface area contributed by atoms with Gasteiger partial charge in [-0.2, -0.15) is 0 Å². The maximum Gasteiger partial charge on any atom is 0.235 e. The van der Waals surface area contributed by atoms with Gasteiger partial charge in [-0.3, -0.25) is 4.79 Å². The largest absolute Gasteiger partial charge is 0.392 e. The molecule has 2 fully saturated rings. The molecule has 18 heavy (non-hydrogen) atoms. The van der Waals surface area contributed by atoms with Gasteiger partial charge in [-0.15, -0.1) is 0 Å². The molecule has 4 nitrogen and oxygen atoms in total. The average molecular weight is 269 g/mol. The van der Waals surface area contributed by atoms with Crippen LogP contribution < -0.4 is 5.73 Å². The molecule has 1 amide bonds. The first-order valence-corrected chi connectivity index (χ1v) is 7.10. The number of carbonyl (C=O) groups excluding carboxylic acids is 1. The van der Waals surface area contributed by atoms with Crippen LogP contribution in [0.1, 0.15) is 25.7 Å². The fraction of sp³-hybridized carbons (Fsp3) is 0.846. The van der Waals surface area contributed by atoms with E-state index in [1.165, 1.54) is 6.42 Å². The summed E-state index contributed by atoms with van der Waals surface area (Å²) in [5.74, 6) is 0.725. The normalized spacial score (nSPS) is 26.7. The number of amides is 1. The molecule has 0 aromatic rings. The predicted octanol–water partition coefficient (Wildman–Crippen LogP) is 0.853.